The van der Waals surface area contributed by atoms with Crippen LogP contribution in [0.1, 0.15) is 21.1 Å². The predicted molar refractivity (Wildman–Crippen MR) is 85.8 cm³/mol. The van der Waals surface area contributed by atoms with E-state index in [9.17, 15) is 9.59 Å². The van der Waals surface area contributed by atoms with Gasteiger partial charge in [-0.2, -0.15) is 0 Å². The first-order chi connectivity index (χ1) is 11.0. The number of aromatic carboxylic acids is 1. The Hall–Kier alpha value is -2.38. The normalized spacial score (nSPS) is 12.8. The van der Waals surface area contributed by atoms with E-state index in [1.165, 1.54) is 16.7 Å². The molecule has 0 saturated carbocycles. The van der Waals surface area contributed by atoms with Crippen LogP contribution in [-0.2, 0) is 11.3 Å². The fourth-order valence-electron chi connectivity index (χ4n) is 2.04. The Kier molecular flexibility index (Phi) is 4.31. The van der Waals surface area contributed by atoms with Gasteiger partial charge in [0.05, 0.1) is 12.1 Å². The van der Waals surface area contributed by atoms with Gasteiger partial charge in [-0.1, -0.05) is 11.6 Å². The van der Waals surface area contributed by atoms with Gasteiger partial charge < -0.3 is 15.2 Å². The average molecular weight is 351 g/mol. The molecule has 3 rings (SSSR count). The molecule has 0 aliphatic carbocycles. The zero-order valence-electron chi connectivity index (χ0n) is 11.7. The van der Waals surface area contributed by atoms with Gasteiger partial charge in [-0.15, -0.1) is 11.3 Å². The first-order valence-electron chi connectivity index (χ1n) is 6.62. The molecule has 0 unspecified atom stereocenters. The number of benzene rings is 1. The van der Waals surface area contributed by atoms with Gasteiger partial charge in [0.2, 0.25) is 0 Å². The summed E-state index contributed by atoms with van der Waals surface area (Å²) in [5, 5.41) is 14.0. The zero-order valence-corrected chi connectivity index (χ0v) is 13.3. The Morgan fingerprint density at radius 3 is 3.00 bits per heavy atom. The van der Waals surface area contributed by atoms with Gasteiger partial charge in [0.1, 0.15) is 17.4 Å². The third-order valence-electron chi connectivity index (χ3n) is 3.15. The van der Waals surface area contributed by atoms with Crippen LogP contribution in [0.25, 0.3) is 6.08 Å². The number of thiazole rings is 1. The molecule has 1 aromatic heterocycles. The van der Waals surface area contributed by atoms with Crippen molar-refractivity contribution in [2.75, 3.05) is 6.61 Å². The number of hydrogen-bond donors (Lipinski definition) is 2. The summed E-state index contributed by atoms with van der Waals surface area (Å²) in [6, 6.07) is 5.21. The van der Waals surface area contributed by atoms with Gasteiger partial charge in [0.25, 0.3) is 5.91 Å². The smallest absolute Gasteiger partial charge is 0.355 e. The largest absolute Gasteiger partial charge is 0.488 e. The van der Waals surface area contributed by atoms with Crippen LogP contribution in [0.5, 0.6) is 5.75 Å². The van der Waals surface area contributed by atoms with Crippen LogP contribution in [0.4, 0.5) is 0 Å². The number of ether oxygens (including phenoxy) is 1. The minimum atomic E-state index is -1.09. The van der Waals surface area contributed by atoms with Crippen molar-refractivity contribution in [2.45, 2.75) is 6.54 Å². The lowest BCUT2D eigenvalue weighted by Gasteiger charge is -2.17. The minimum absolute atomic E-state index is 0.0250. The molecule has 0 saturated heterocycles. The molecule has 8 heteroatoms. The highest BCUT2D eigenvalue weighted by atomic mass is 35.5. The number of aromatic nitrogens is 1. The summed E-state index contributed by atoms with van der Waals surface area (Å²) >= 11 is 7.12. The summed E-state index contributed by atoms with van der Waals surface area (Å²) in [5.41, 5.74) is 1.19. The quantitative estimate of drug-likeness (QED) is 0.884. The van der Waals surface area contributed by atoms with Crippen LogP contribution < -0.4 is 10.1 Å². The number of nitrogens with zero attached hydrogens (tertiary/aromatic N) is 1. The van der Waals surface area contributed by atoms with Crippen molar-refractivity contribution in [3.05, 3.63) is 50.4 Å². The maximum absolute atomic E-state index is 12.2. The van der Waals surface area contributed by atoms with Crippen molar-refractivity contribution in [2.24, 2.45) is 0 Å². The maximum Gasteiger partial charge on any atom is 0.355 e. The third-order valence-corrected chi connectivity index (χ3v) is 4.23. The number of nitrogens with one attached hydrogen (secondary N) is 1. The highest BCUT2D eigenvalue weighted by Gasteiger charge is 2.18. The number of hydrogen-bond acceptors (Lipinski definition) is 5. The Balaban J connectivity index is 1.67. The monoisotopic (exact) mass is 350 g/mol. The predicted octanol–water partition coefficient (Wildman–Crippen LogP) is 2.59. The second-order valence-electron chi connectivity index (χ2n) is 4.75. The van der Waals surface area contributed by atoms with E-state index >= 15 is 0 Å². The molecule has 118 valence electrons. The number of carboxylic acid groups (broad SMARTS) is 1. The molecular weight excluding hydrogens is 340 g/mol. The van der Waals surface area contributed by atoms with Crippen LogP contribution in [-0.4, -0.2) is 28.6 Å². The molecule has 6 nitrogen and oxygen atoms in total. The second-order valence-corrected chi connectivity index (χ2v) is 6.13. The molecule has 1 aromatic carbocycles. The molecule has 2 aromatic rings. The molecule has 0 atom stereocenters. The average Bonchev–Trinajstić information content (AvgIpc) is 3.01. The highest BCUT2D eigenvalue weighted by Crippen LogP contribution is 2.29. The number of amides is 1. The molecule has 0 radical (unpaired) electrons. The van der Waals surface area contributed by atoms with Crippen molar-refractivity contribution >= 4 is 40.9 Å². The van der Waals surface area contributed by atoms with E-state index in [1.807, 2.05) is 0 Å². The molecular formula is C15H11ClN2O4S. The number of carboxylic acids is 1. The lowest BCUT2D eigenvalue weighted by atomic mass is 10.1. The zero-order chi connectivity index (χ0) is 16.4. The van der Waals surface area contributed by atoms with E-state index in [4.69, 9.17) is 21.4 Å². The first-order valence-corrected chi connectivity index (χ1v) is 7.87. The van der Waals surface area contributed by atoms with Gasteiger partial charge in [-0.3, -0.25) is 4.79 Å². The van der Waals surface area contributed by atoms with Gasteiger partial charge >= 0.3 is 5.97 Å². The van der Waals surface area contributed by atoms with Crippen LogP contribution >= 0.6 is 22.9 Å². The molecule has 0 spiro atoms. The van der Waals surface area contributed by atoms with E-state index in [2.05, 4.69) is 10.3 Å². The van der Waals surface area contributed by atoms with Gasteiger partial charge in [-0.25, -0.2) is 9.78 Å². The lowest BCUT2D eigenvalue weighted by molar-refractivity contribution is -0.117. The Morgan fingerprint density at radius 1 is 1.43 bits per heavy atom. The van der Waals surface area contributed by atoms with Crippen LogP contribution in [0.2, 0.25) is 5.02 Å². The Morgan fingerprint density at radius 2 is 2.26 bits per heavy atom. The van der Waals surface area contributed by atoms with Crippen molar-refractivity contribution in [1.29, 1.82) is 0 Å². The fraction of sp³-hybridized carbons (Fsp3) is 0.133. The third kappa shape index (κ3) is 3.52. The summed E-state index contributed by atoms with van der Waals surface area (Å²) < 4.78 is 5.52. The summed E-state index contributed by atoms with van der Waals surface area (Å²) in [4.78, 5) is 26.8. The fourth-order valence-corrected chi connectivity index (χ4v) is 2.93. The molecule has 23 heavy (non-hydrogen) atoms. The van der Waals surface area contributed by atoms with Gasteiger partial charge in [-0.05, 0) is 24.3 Å². The number of halogens is 1. The molecule has 0 fully saturated rings. The van der Waals surface area contributed by atoms with Crippen molar-refractivity contribution in [1.82, 2.24) is 10.3 Å². The summed E-state index contributed by atoms with van der Waals surface area (Å²) in [7, 11) is 0. The summed E-state index contributed by atoms with van der Waals surface area (Å²) in [6.07, 6.45) is 1.73. The SMILES string of the molecule is O=C(NCc1nc(C(=O)O)cs1)C1=Cc2cc(Cl)ccc2OC1. The number of rotatable bonds is 4. The van der Waals surface area contributed by atoms with Gasteiger partial charge in [0.15, 0.2) is 5.69 Å². The summed E-state index contributed by atoms with van der Waals surface area (Å²) in [6.45, 7) is 0.329. The lowest BCUT2D eigenvalue weighted by Crippen LogP contribution is -2.28. The molecule has 2 heterocycles. The van der Waals surface area contributed by atoms with Crippen molar-refractivity contribution in [3.63, 3.8) is 0 Å². The van der Waals surface area contributed by atoms with Gasteiger partial charge in [0, 0.05) is 16.0 Å². The van der Waals surface area contributed by atoms with E-state index in [-0.39, 0.29) is 24.8 Å². The number of fused-ring (bicyclic) bond motifs is 1. The Bertz CT molecular complexity index is 816. The molecule has 1 aliphatic rings. The van der Waals surface area contributed by atoms with E-state index in [1.54, 1.807) is 24.3 Å². The van der Waals surface area contributed by atoms with E-state index in [0.29, 0.717) is 21.4 Å². The number of carbonyl (C=O) groups is 2. The second kappa shape index (κ2) is 6.39. The molecule has 2 N–H and O–H groups in total. The van der Waals surface area contributed by atoms with Crippen LogP contribution in [0, 0.1) is 0 Å². The topological polar surface area (TPSA) is 88.5 Å². The van der Waals surface area contributed by atoms with E-state index < -0.39 is 5.97 Å². The maximum atomic E-state index is 12.2. The van der Waals surface area contributed by atoms with Crippen LogP contribution in [0.3, 0.4) is 0 Å². The first kappa shape index (κ1) is 15.5. The van der Waals surface area contributed by atoms with Crippen LogP contribution in [0.15, 0.2) is 29.2 Å². The molecule has 1 amide bonds. The van der Waals surface area contributed by atoms with E-state index in [0.717, 1.165) is 5.56 Å². The molecule has 1 aliphatic heterocycles. The number of carbonyl (C=O) groups excluding carboxylic acids is 1. The minimum Gasteiger partial charge on any atom is -0.488 e. The highest BCUT2D eigenvalue weighted by molar-refractivity contribution is 7.09. The molecule has 0 bridgehead atoms. The van der Waals surface area contributed by atoms with Crippen molar-refractivity contribution in [3.8, 4) is 5.75 Å². The Labute approximate surface area is 140 Å². The van der Waals surface area contributed by atoms with Crippen molar-refractivity contribution < 1.29 is 19.4 Å². The standard InChI is InChI=1S/C15H11ClN2O4S/c16-10-1-2-12-8(4-10)3-9(6-22-12)14(19)17-5-13-18-11(7-23-13)15(20)21/h1-4,7H,5-6H2,(H,17,19)(H,20,21). The summed E-state index contributed by atoms with van der Waals surface area (Å²) in [5.74, 6) is -0.699.